The van der Waals surface area contributed by atoms with Crippen LogP contribution in [0.2, 0.25) is 0 Å². The average molecular weight is 363 g/mol. The molecule has 4 rings (SSSR count). The highest BCUT2D eigenvalue weighted by atomic mass is 16.7. The summed E-state index contributed by atoms with van der Waals surface area (Å²) in [7, 11) is 1.80. The maximum atomic E-state index is 13.0. The fraction of sp³-hybridized carbons (Fsp3) is 0.238. The van der Waals surface area contributed by atoms with E-state index in [4.69, 9.17) is 9.47 Å². The second-order valence-corrected chi connectivity index (χ2v) is 6.45. The number of carbonyl (C=O) groups is 1. The van der Waals surface area contributed by atoms with E-state index in [0.717, 1.165) is 28.4 Å². The summed E-state index contributed by atoms with van der Waals surface area (Å²) in [5.74, 6) is 1.41. The van der Waals surface area contributed by atoms with Crippen molar-refractivity contribution in [3.63, 3.8) is 0 Å². The summed E-state index contributed by atoms with van der Waals surface area (Å²) in [6, 6.07) is 15.6. The third-order valence-electron chi connectivity index (χ3n) is 4.64. The predicted octanol–water partition coefficient (Wildman–Crippen LogP) is 3.44. The van der Waals surface area contributed by atoms with E-state index in [1.807, 2.05) is 60.1 Å². The van der Waals surface area contributed by atoms with E-state index in [1.54, 1.807) is 18.1 Å². The second-order valence-electron chi connectivity index (χ2n) is 6.45. The molecule has 1 aliphatic rings. The number of carbonyl (C=O) groups excluding carboxylic acids is 1. The van der Waals surface area contributed by atoms with Crippen molar-refractivity contribution in [1.82, 2.24) is 14.7 Å². The molecule has 138 valence electrons. The molecule has 3 aromatic rings. The zero-order valence-corrected chi connectivity index (χ0v) is 15.4. The summed E-state index contributed by atoms with van der Waals surface area (Å²) >= 11 is 0. The minimum atomic E-state index is -0.0494. The minimum Gasteiger partial charge on any atom is -0.454 e. The number of hydrogen-bond acceptors (Lipinski definition) is 4. The van der Waals surface area contributed by atoms with Crippen molar-refractivity contribution in [2.45, 2.75) is 19.9 Å². The van der Waals surface area contributed by atoms with E-state index in [0.29, 0.717) is 18.5 Å². The van der Waals surface area contributed by atoms with Crippen LogP contribution in [0, 0.1) is 0 Å². The van der Waals surface area contributed by atoms with Crippen LogP contribution < -0.4 is 9.47 Å². The van der Waals surface area contributed by atoms with Crippen molar-refractivity contribution < 1.29 is 14.3 Å². The Morgan fingerprint density at radius 2 is 1.93 bits per heavy atom. The minimum absolute atomic E-state index is 0.0494. The van der Waals surface area contributed by atoms with Gasteiger partial charge in [0.2, 0.25) is 6.79 Å². The van der Waals surface area contributed by atoms with Gasteiger partial charge in [-0.15, -0.1) is 0 Å². The molecule has 6 nitrogen and oxygen atoms in total. The smallest absolute Gasteiger partial charge is 0.257 e. The van der Waals surface area contributed by atoms with Crippen molar-refractivity contribution in [2.24, 2.45) is 0 Å². The number of para-hydroxylation sites is 1. The van der Waals surface area contributed by atoms with E-state index in [-0.39, 0.29) is 12.7 Å². The molecular weight excluding hydrogens is 342 g/mol. The summed E-state index contributed by atoms with van der Waals surface area (Å²) in [5.41, 5.74) is 3.48. The zero-order valence-electron chi connectivity index (χ0n) is 15.4. The molecule has 0 aliphatic carbocycles. The summed E-state index contributed by atoms with van der Waals surface area (Å²) in [4.78, 5) is 14.7. The summed E-state index contributed by atoms with van der Waals surface area (Å²) < 4.78 is 12.6. The van der Waals surface area contributed by atoms with Crippen molar-refractivity contribution in [2.75, 3.05) is 13.8 Å². The fourth-order valence-electron chi connectivity index (χ4n) is 3.27. The Kier molecular flexibility index (Phi) is 4.54. The topological polar surface area (TPSA) is 56.6 Å². The van der Waals surface area contributed by atoms with Gasteiger partial charge in [-0.25, -0.2) is 4.68 Å². The highest BCUT2D eigenvalue weighted by molar-refractivity contribution is 5.95. The normalized spacial score (nSPS) is 12.2. The van der Waals surface area contributed by atoms with Gasteiger partial charge in [-0.3, -0.25) is 4.79 Å². The third-order valence-corrected chi connectivity index (χ3v) is 4.64. The van der Waals surface area contributed by atoms with Gasteiger partial charge in [0.25, 0.3) is 5.91 Å². The van der Waals surface area contributed by atoms with Crippen LogP contribution in [0.5, 0.6) is 11.5 Å². The molecule has 2 aromatic carbocycles. The molecule has 0 atom stereocenters. The van der Waals surface area contributed by atoms with E-state index in [1.165, 1.54) is 0 Å². The first kappa shape index (κ1) is 17.1. The average Bonchev–Trinajstić information content (AvgIpc) is 3.34. The Morgan fingerprint density at radius 3 is 2.70 bits per heavy atom. The highest BCUT2D eigenvalue weighted by Crippen LogP contribution is 2.32. The summed E-state index contributed by atoms with van der Waals surface area (Å²) in [6.45, 7) is 2.76. The van der Waals surface area contributed by atoms with Crippen molar-refractivity contribution in [1.29, 1.82) is 0 Å². The first-order valence-corrected chi connectivity index (χ1v) is 8.93. The lowest BCUT2D eigenvalue weighted by molar-refractivity contribution is 0.0784. The number of amides is 1. The van der Waals surface area contributed by atoms with Gasteiger partial charge in [-0.2, -0.15) is 5.10 Å². The number of benzene rings is 2. The third kappa shape index (κ3) is 3.26. The lowest BCUT2D eigenvalue weighted by Gasteiger charge is -2.18. The van der Waals surface area contributed by atoms with Crippen LogP contribution in [0.25, 0.3) is 5.69 Å². The van der Waals surface area contributed by atoms with Crippen LogP contribution in [-0.4, -0.2) is 34.4 Å². The quantitative estimate of drug-likeness (QED) is 0.697. The fourth-order valence-corrected chi connectivity index (χ4v) is 3.27. The Hall–Kier alpha value is -3.28. The van der Waals surface area contributed by atoms with Crippen molar-refractivity contribution in [3.05, 3.63) is 71.5 Å². The molecule has 0 N–H and O–H groups in total. The molecular formula is C21H21N3O3. The van der Waals surface area contributed by atoms with Gasteiger partial charge >= 0.3 is 0 Å². The van der Waals surface area contributed by atoms with Crippen LogP contribution in [0.3, 0.4) is 0 Å². The Labute approximate surface area is 157 Å². The number of aromatic nitrogens is 2. The molecule has 1 aliphatic heterocycles. The first-order valence-electron chi connectivity index (χ1n) is 8.93. The Balaban J connectivity index is 1.56. The lowest BCUT2D eigenvalue weighted by Crippen LogP contribution is -2.27. The molecule has 1 aromatic heterocycles. The Bertz CT molecular complexity index is 966. The Morgan fingerprint density at radius 1 is 1.15 bits per heavy atom. The van der Waals surface area contributed by atoms with E-state index >= 15 is 0 Å². The monoisotopic (exact) mass is 363 g/mol. The van der Waals surface area contributed by atoms with Gasteiger partial charge in [0.15, 0.2) is 11.5 Å². The van der Waals surface area contributed by atoms with Crippen molar-refractivity contribution in [3.8, 4) is 17.2 Å². The van der Waals surface area contributed by atoms with Gasteiger partial charge in [-0.05, 0) is 36.2 Å². The van der Waals surface area contributed by atoms with Gasteiger partial charge < -0.3 is 14.4 Å². The molecule has 1 amide bonds. The zero-order chi connectivity index (χ0) is 18.8. The van der Waals surface area contributed by atoms with Crippen LogP contribution in [0.1, 0.15) is 28.5 Å². The molecule has 0 radical (unpaired) electrons. The van der Waals surface area contributed by atoms with E-state index in [9.17, 15) is 4.79 Å². The first-order chi connectivity index (χ1) is 13.2. The van der Waals surface area contributed by atoms with Crippen LogP contribution in [0.15, 0.2) is 54.7 Å². The van der Waals surface area contributed by atoms with Gasteiger partial charge in [0.1, 0.15) is 0 Å². The SMILES string of the molecule is CCc1c(C(=O)N(C)Cc2ccc3c(c2)OCO3)cnn1-c1ccccc1. The van der Waals surface area contributed by atoms with Crippen LogP contribution in [0.4, 0.5) is 0 Å². The molecule has 0 unspecified atom stereocenters. The van der Waals surface area contributed by atoms with Gasteiger partial charge in [0, 0.05) is 13.6 Å². The van der Waals surface area contributed by atoms with Gasteiger partial charge in [-0.1, -0.05) is 31.2 Å². The maximum absolute atomic E-state index is 13.0. The molecule has 0 fully saturated rings. The van der Waals surface area contributed by atoms with E-state index < -0.39 is 0 Å². The van der Waals surface area contributed by atoms with Crippen LogP contribution in [-0.2, 0) is 13.0 Å². The molecule has 0 bridgehead atoms. The van der Waals surface area contributed by atoms with Crippen LogP contribution >= 0.6 is 0 Å². The van der Waals surface area contributed by atoms with Gasteiger partial charge in [0.05, 0.1) is 23.1 Å². The molecule has 0 saturated carbocycles. The number of fused-ring (bicyclic) bond motifs is 1. The lowest BCUT2D eigenvalue weighted by atomic mass is 10.1. The summed E-state index contributed by atoms with van der Waals surface area (Å²) in [6.07, 6.45) is 2.37. The molecule has 27 heavy (non-hydrogen) atoms. The number of hydrogen-bond donors (Lipinski definition) is 0. The molecule has 6 heteroatoms. The van der Waals surface area contributed by atoms with E-state index in [2.05, 4.69) is 5.10 Å². The standard InChI is InChI=1S/C21H21N3O3/c1-3-18-17(12-22-24(18)16-7-5-4-6-8-16)21(25)23(2)13-15-9-10-19-20(11-15)27-14-26-19/h4-12H,3,13-14H2,1-2H3. The highest BCUT2D eigenvalue weighted by Gasteiger charge is 2.21. The summed E-state index contributed by atoms with van der Waals surface area (Å²) in [5, 5.41) is 4.45. The number of nitrogens with zero attached hydrogens (tertiary/aromatic N) is 3. The molecule has 0 saturated heterocycles. The number of rotatable bonds is 5. The predicted molar refractivity (Wildman–Crippen MR) is 101 cm³/mol. The largest absolute Gasteiger partial charge is 0.454 e. The molecule has 2 heterocycles. The second kappa shape index (κ2) is 7.15. The number of ether oxygens (including phenoxy) is 2. The maximum Gasteiger partial charge on any atom is 0.257 e. The molecule has 0 spiro atoms. The van der Waals surface area contributed by atoms with Crippen molar-refractivity contribution >= 4 is 5.91 Å².